The Morgan fingerprint density at radius 3 is 2.33 bits per heavy atom. The zero-order valence-electron chi connectivity index (χ0n) is 13.5. The van der Waals surface area contributed by atoms with Crippen molar-refractivity contribution in [3.63, 3.8) is 0 Å². The molecule has 0 unspecified atom stereocenters. The molecule has 0 atom stereocenters. The van der Waals surface area contributed by atoms with E-state index in [-0.39, 0.29) is 5.75 Å². The standard InChI is InChI=1S/C17H18N4O2S/c1-3-24(22,23)20-15-6-4-13(5-7-15)16-12-21(2)19-17(16)14-8-10-18-11-9-14/h4-12,20H,3H2,1-2H3. The highest BCUT2D eigenvalue weighted by Gasteiger charge is 2.13. The molecule has 0 bridgehead atoms. The summed E-state index contributed by atoms with van der Waals surface area (Å²) in [5.74, 6) is 0.0452. The average Bonchev–Trinajstić information content (AvgIpc) is 2.98. The van der Waals surface area contributed by atoms with Crippen molar-refractivity contribution in [2.75, 3.05) is 10.5 Å². The first kappa shape index (κ1) is 16.2. The summed E-state index contributed by atoms with van der Waals surface area (Å²) in [6.45, 7) is 1.60. The molecule has 2 aromatic heterocycles. The van der Waals surface area contributed by atoms with Gasteiger partial charge in [0.1, 0.15) is 5.69 Å². The predicted octanol–water partition coefficient (Wildman–Crippen LogP) is 2.91. The lowest BCUT2D eigenvalue weighted by molar-refractivity contribution is 0.602. The second-order valence-corrected chi connectivity index (χ2v) is 7.39. The number of aryl methyl sites for hydroxylation is 1. The molecule has 24 heavy (non-hydrogen) atoms. The number of pyridine rings is 1. The Kier molecular flexibility index (Phi) is 4.35. The van der Waals surface area contributed by atoms with Gasteiger partial charge in [-0.25, -0.2) is 8.42 Å². The highest BCUT2D eigenvalue weighted by atomic mass is 32.2. The monoisotopic (exact) mass is 342 g/mol. The molecule has 0 amide bonds. The number of sulfonamides is 1. The molecule has 1 aromatic carbocycles. The van der Waals surface area contributed by atoms with E-state index in [2.05, 4.69) is 14.8 Å². The van der Waals surface area contributed by atoms with Gasteiger partial charge in [-0.15, -0.1) is 0 Å². The van der Waals surface area contributed by atoms with Crippen molar-refractivity contribution in [2.24, 2.45) is 7.05 Å². The quantitative estimate of drug-likeness (QED) is 0.773. The van der Waals surface area contributed by atoms with Crippen molar-refractivity contribution in [1.29, 1.82) is 0 Å². The van der Waals surface area contributed by atoms with E-state index in [1.54, 1.807) is 36.1 Å². The molecule has 0 aliphatic rings. The predicted molar refractivity (Wildman–Crippen MR) is 95.0 cm³/mol. The molecule has 7 heteroatoms. The van der Waals surface area contributed by atoms with Crippen LogP contribution in [0.1, 0.15) is 6.92 Å². The SMILES string of the molecule is CCS(=O)(=O)Nc1ccc(-c2cn(C)nc2-c2ccncc2)cc1. The third-order valence-corrected chi connectivity index (χ3v) is 4.94. The largest absolute Gasteiger partial charge is 0.284 e. The van der Waals surface area contributed by atoms with Crippen LogP contribution in [0.15, 0.2) is 55.0 Å². The van der Waals surface area contributed by atoms with Gasteiger partial charge >= 0.3 is 0 Å². The molecule has 0 saturated carbocycles. The minimum absolute atomic E-state index is 0.0452. The van der Waals surface area contributed by atoms with E-state index in [0.29, 0.717) is 5.69 Å². The number of nitrogens with zero attached hydrogens (tertiary/aromatic N) is 3. The summed E-state index contributed by atoms with van der Waals surface area (Å²) in [5, 5.41) is 4.53. The van der Waals surface area contributed by atoms with Crippen molar-refractivity contribution in [1.82, 2.24) is 14.8 Å². The van der Waals surface area contributed by atoms with Gasteiger partial charge in [0.2, 0.25) is 10.0 Å². The maximum atomic E-state index is 11.6. The fourth-order valence-electron chi connectivity index (χ4n) is 2.39. The third-order valence-electron chi connectivity index (χ3n) is 3.63. The molecule has 0 spiro atoms. The fraction of sp³-hybridized carbons (Fsp3) is 0.176. The molecule has 3 aromatic rings. The Balaban J connectivity index is 1.96. The molecule has 0 aliphatic heterocycles. The molecule has 1 N–H and O–H groups in total. The van der Waals surface area contributed by atoms with Crippen LogP contribution in [-0.2, 0) is 17.1 Å². The Morgan fingerprint density at radius 2 is 1.71 bits per heavy atom. The van der Waals surface area contributed by atoms with Crippen LogP contribution in [0, 0.1) is 0 Å². The summed E-state index contributed by atoms with van der Waals surface area (Å²) in [4.78, 5) is 4.03. The second-order valence-electron chi connectivity index (χ2n) is 5.38. The number of hydrogen-bond donors (Lipinski definition) is 1. The first-order valence-corrected chi connectivity index (χ1v) is 9.18. The summed E-state index contributed by atoms with van der Waals surface area (Å²) >= 11 is 0. The fourth-order valence-corrected chi connectivity index (χ4v) is 3.03. The lowest BCUT2D eigenvalue weighted by Gasteiger charge is -2.07. The van der Waals surface area contributed by atoms with E-state index in [4.69, 9.17) is 0 Å². The van der Waals surface area contributed by atoms with Crippen molar-refractivity contribution in [2.45, 2.75) is 6.92 Å². The van der Waals surface area contributed by atoms with Crippen LogP contribution in [0.25, 0.3) is 22.4 Å². The number of benzene rings is 1. The first-order valence-electron chi connectivity index (χ1n) is 7.53. The van der Waals surface area contributed by atoms with E-state index in [1.807, 2.05) is 37.5 Å². The van der Waals surface area contributed by atoms with Gasteiger partial charge in [0.05, 0.1) is 5.75 Å². The number of hydrogen-bond acceptors (Lipinski definition) is 4. The van der Waals surface area contributed by atoms with Crippen LogP contribution in [0.2, 0.25) is 0 Å². The second kappa shape index (κ2) is 6.45. The molecule has 0 radical (unpaired) electrons. The normalized spacial score (nSPS) is 11.4. The van der Waals surface area contributed by atoms with Gasteiger partial charge < -0.3 is 0 Å². The van der Waals surface area contributed by atoms with Gasteiger partial charge in [-0.2, -0.15) is 5.10 Å². The van der Waals surface area contributed by atoms with Crippen LogP contribution in [0.3, 0.4) is 0 Å². The first-order chi connectivity index (χ1) is 11.5. The molecule has 6 nitrogen and oxygen atoms in total. The molecule has 0 fully saturated rings. The van der Waals surface area contributed by atoms with Gasteiger partial charge in [-0.1, -0.05) is 12.1 Å². The van der Waals surface area contributed by atoms with Gasteiger partial charge in [0, 0.05) is 42.5 Å². The van der Waals surface area contributed by atoms with E-state index >= 15 is 0 Å². The summed E-state index contributed by atoms with van der Waals surface area (Å²) < 4.78 is 27.6. The molecule has 124 valence electrons. The van der Waals surface area contributed by atoms with E-state index in [0.717, 1.165) is 22.4 Å². The molecule has 0 saturated heterocycles. The lowest BCUT2D eigenvalue weighted by Crippen LogP contribution is -2.14. The summed E-state index contributed by atoms with van der Waals surface area (Å²) in [7, 11) is -1.40. The minimum Gasteiger partial charge on any atom is -0.284 e. The molecule has 2 heterocycles. The number of aromatic nitrogens is 3. The zero-order valence-corrected chi connectivity index (χ0v) is 14.3. The number of nitrogens with one attached hydrogen (secondary N) is 1. The molecular formula is C17H18N4O2S. The summed E-state index contributed by atoms with van der Waals surface area (Å²) in [6.07, 6.45) is 5.41. The number of anilines is 1. The van der Waals surface area contributed by atoms with E-state index in [9.17, 15) is 8.42 Å². The van der Waals surface area contributed by atoms with Crippen LogP contribution in [0.5, 0.6) is 0 Å². The van der Waals surface area contributed by atoms with Crippen molar-refractivity contribution in [3.8, 4) is 22.4 Å². The lowest BCUT2D eigenvalue weighted by atomic mass is 10.0. The smallest absolute Gasteiger partial charge is 0.232 e. The van der Waals surface area contributed by atoms with Crippen molar-refractivity contribution in [3.05, 3.63) is 55.0 Å². The van der Waals surface area contributed by atoms with Gasteiger partial charge in [0.25, 0.3) is 0 Å². The average molecular weight is 342 g/mol. The topological polar surface area (TPSA) is 76.9 Å². The number of rotatable bonds is 5. The molecular weight excluding hydrogens is 324 g/mol. The third kappa shape index (κ3) is 3.46. The van der Waals surface area contributed by atoms with Crippen LogP contribution in [0.4, 0.5) is 5.69 Å². The maximum absolute atomic E-state index is 11.6. The Labute approximate surface area is 141 Å². The Morgan fingerprint density at radius 1 is 1.04 bits per heavy atom. The molecule has 0 aliphatic carbocycles. The highest BCUT2D eigenvalue weighted by Crippen LogP contribution is 2.31. The van der Waals surface area contributed by atoms with E-state index in [1.165, 1.54) is 0 Å². The summed E-state index contributed by atoms with van der Waals surface area (Å²) in [5.41, 5.74) is 4.34. The van der Waals surface area contributed by atoms with Gasteiger partial charge in [-0.05, 0) is 36.8 Å². The van der Waals surface area contributed by atoms with Crippen molar-refractivity contribution >= 4 is 15.7 Å². The summed E-state index contributed by atoms with van der Waals surface area (Å²) in [6, 6.07) is 11.1. The Hall–Kier alpha value is -2.67. The zero-order chi connectivity index (χ0) is 17.2. The molecule has 3 rings (SSSR count). The minimum atomic E-state index is -3.27. The highest BCUT2D eigenvalue weighted by molar-refractivity contribution is 7.92. The van der Waals surface area contributed by atoms with Gasteiger partial charge in [-0.3, -0.25) is 14.4 Å². The maximum Gasteiger partial charge on any atom is 0.232 e. The van der Waals surface area contributed by atoms with Crippen LogP contribution in [-0.4, -0.2) is 28.9 Å². The van der Waals surface area contributed by atoms with Crippen LogP contribution >= 0.6 is 0 Å². The van der Waals surface area contributed by atoms with E-state index < -0.39 is 10.0 Å². The van der Waals surface area contributed by atoms with Gasteiger partial charge in [0.15, 0.2) is 0 Å². The van der Waals surface area contributed by atoms with Crippen molar-refractivity contribution < 1.29 is 8.42 Å². The van der Waals surface area contributed by atoms with Crippen LogP contribution < -0.4 is 4.72 Å². The Bertz CT molecular complexity index is 932.